The number of piperidine rings is 1. The van der Waals surface area contributed by atoms with E-state index in [-0.39, 0.29) is 11.9 Å². The lowest BCUT2D eigenvalue weighted by Crippen LogP contribution is -2.47. The minimum atomic E-state index is 0.0928. The molecule has 0 aromatic heterocycles. The molecule has 2 heterocycles. The second kappa shape index (κ2) is 6.76. The Morgan fingerprint density at radius 1 is 1.19 bits per heavy atom. The number of hydrogen-bond donors (Lipinski definition) is 0. The fourth-order valence-corrected chi connectivity index (χ4v) is 4.35. The molecule has 0 aliphatic carbocycles. The van der Waals surface area contributed by atoms with Crippen LogP contribution in [-0.2, 0) is 0 Å². The summed E-state index contributed by atoms with van der Waals surface area (Å²) in [7, 11) is 2.17. The maximum atomic E-state index is 13.4. The molecule has 0 bridgehead atoms. The van der Waals surface area contributed by atoms with Crippen LogP contribution in [0.5, 0.6) is 5.75 Å². The van der Waals surface area contributed by atoms with Gasteiger partial charge < -0.3 is 14.5 Å². The van der Waals surface area contributed by atoms with Crippen LogP contribution < -0.4 is 9.64 Å². The molecule has 1 fully saturated rings. The maximum absolute atomic E-state index is 13.4. The fraction of sp³-hybridized carbons (Fsp3) is 0.409. The molecular weight excluding hydrogens is 324 g/mol. The van der Waals surface area contributed by atoms with E-state index in [1.165, 1.54) is 11.1 Å². The normalized spacial score (nSPS) is 22.0. The molecule has 1 amide bonds. The van der Waals surface area contributed by atoms with E-state index in [9.17, 15) is 4.79 Å². The molecule has 2 aliphatic heterocycles. The van der Waals surface area contributed by atoms with Crippen molar-refractivity contribution in [3.8, 4) is 5.75 Å². The van der Waals surface area contributed by atoms with Crippen LogP contribution in [-0.4, -0.2) is 43.6 Å². The maximum Gasteiger partial charge on any atom is 0.258 e. The molecule has 1 saturated heterocycles. The number of nitrogens with zero attached hydrogens (tertiary/aromatic N) is 2. The highest BCUT2D eigenvalue weighted by Crippen LogP contribution is 2.45. The van der Waals surface area contributed by atoms with Crippen LogP contribution in [0.3, 0.4) is 0 Å². The number of likely N-dealkylation sites (tertiary alicyclic amines) is 1. The highest BCUT2D eigenvalue weighted by Gasteiger charge is 2.44. The first-order valence-corrected chi connectivity index (χ1v) is 9.44. The minimum absolute atomic E-state index is 0.0928. The van der Waals surface area contributed by atoms with Crippen molar-refractivity contribution in [3.05, 3.63) is 59.2 Å². The van der Waals surface area contributed by atoms with Crippen molar-refractivity contribution < 1.29 is 9.53 Å². The van der Waals surface area contributed by atoms with Crippen LogP contribution in [0.2, 0.25) is 0 Å². The zero-order chi connectivity index (χ0) is 18.3. The molecule has 0 N–H and O–H groups in total. The van der Waals surface area contributed by atoms with Crippen molar-refractivity contribution in [1.82, 2.24) is 4.90 Å². The van der Waals surface area contributed by atoms with E-state index in [0.29, 0.717) is 12.5 Å². The van der Waals surface area contributed by atoms with Gasteiger partial charge in [-0.25, -0.2) is 0 Å². The van der Waals surface area contributed by atoms with E-state index in [4.69, 9.17) is 4.74 Å². The summed E-state index contributed by atoms with van der Waals surface area (Å²) in [6.07, 6.45) is 1.01. The molecule has 0 radical (unpaired) electrons. The van der Waals surface area contributed by atoms with Gasteiger partial charge in [0.1, 0.15) is 5.75 Å². The second-order valence-electron chi connectivity index (χ2n) is 7.42. The highest BCUT2D eigenvalue weighted by molar-refractivity contribution is 6.08. The summed E-state index contributed by atoms with van der Waals surface area (Å²) in [6.45, 7) is 6.75. The van der Waals surface area contributed by atoms with Crippen LogP contribution in [0, 0.1) is 6.92 Å². The van der Waals surface area contributed by atoms with Crippen molar-refractivity contribution in [1.29, 1.82) is 0 Å². The number of aryl methyl sites for hydroxylation is 1. The summed E-state index contributed by atoms with van der Waals surface area (Å²) in [6, 6.07) is 14.3. The Kier molecular flexibility index (Phi) is 4.45. The third-order valence-corrected chi connectivity index (χ3v) is 5.58. The average Bonchev–Trinajstić information content (AvgIpc) is 2.95. The Morgan fingerprint density at radius 3 is 2.69 bits per heavy atom. The van der Waals surface area contributed by atoms with E-state index in [2.05, 4.69) is 37.1 Å². The van der Waals surface area contributed by atoms with E-state index in [1.807, 2.05) is 36.1 Å². The predicted molar refractivity (Wildman–Crippen MR) is 104 cm³/mol. The van der Waals surface area contributed by atoms with Crippen LogP contribution in [0.25, 0.3) is 0 Å². The van der Waals surface area contributed by atoms with Crippen LogP contribution in [0.15, 0.2) is 42.5 Å². The average molecular weight is 350 g/mol. The minimum Gasteiger partial charge on any atom is -0.494 e. The Balaban J connectivity index is 1.70. The van der Waals surface area contributed by atoms with Gasteiger partial charge in [-0.05, 0) is 69.8 Å². The molecule has 26 heavy (non-hydrogen) atoms. The Bertz CT molecular complexity index is 815. The number of carbonyl (C=O) groups excluding carboxylic acids is 1. The van der Waals surface area contributed by atoms with Gasteiger partial charge in [0.25, 0.3) is 5.91 Å². The molecule has 2 atom stereocenters. The van der Waals surface area contributed by atoms with Crippen molar-refractivity contribution in [2.45, 2.75) is 32.2 Å². The molecule has 0 saturated carbocycles. The fourth-order valence-electron chi connectivity index (χ4n) is 4.35. The van der Waals surface area contributed by atoms with Gasteiger partial charge in [0.05, 0.1) is 6.61 Å². The van der Waals surface area contributed by atoms with Gasteiger partial charge in [0.15, 0.2) is 0 Å². The van der Waals surface area contributed by atoms with Crippen molar-refractivity contribution in [2.75, 3.05) is 31.6 Å². The highest BCUT2D eigenvalue weighted by atomic mass is 16.5. The number of carbonyl (C=O) groups is 1. The summed E-state index contributed by atoms with van der Waals surface area (Å²) in [5.41, 5.74) is 4.38. The zero-order valence-electron chi connectivity index (χ0n) is 15.7. The number of anilines is 1. The number of ether oxygens (including phenoxy) is 1. The van der Waals surface area contributed by atoms with E-state index >= 15 is 0 Å². The molecule has 4 nitrogen and oxygen atoms in total. The van der Waals surface area contributed by atoms with Crippen LogP contribution in [0.4, 0.5) is 5.69 Å². The number of hydrogen-bond acceptors (Lipinski definition) is 3. The molecule has 0 spiro atoms. The lowest BCUT2D eigenvalue weighted by molar-refractivity contribution is 0.0964. The number of likely N-dealkylation sites (N-methyl/N-ethyl adjacent to an activating group) is 1. The summed E-state index contributed by atoms with van der Waals surface area (Å²) in [4.78, 5) is 17.8. The van der Waals surface area contributed by atoms with Gasteiger partial charge >= 0.3 is 0 Å². The first kappa shape index (κ1) is 17.1. The molecule has 2 aromatic carbocycles. The molecule has 4 heteroatoms. The van der Waals surface area contributed by atoms with E-state index in [0.717, 1.165) is 36.5 Å². The largest absolute Gasteiger partial charge is 0.494 e. The smallest absolute Gasteiger partial charge is 0.258 e. The van der Waals surface area contributed by atoms with E-state index in [1.54, 1.807) is 0 Å². The lowest BCUT2D eigenvalue weighted by atomic mass is 9.88. The second-order valence-corrected chi connectivity index (χ2v) is 7.42. The van der Waals surface area contributed by atoms with Crippen molar-refractivity contribution in [2.24, 2.45) is 0 Å². The monoisotopic (exact) mass is 350 g/mol. The third kappa shape index (κ3) is 2.88. The Hall–Kier alpha value is -2.33. The van der Waals surface area contributed by atoms with Gasteiger partial charge in [0, 0.05) is 29.8 Å². The van der Waals surface area contributed by atoms with E-state index < -0.39 is 0 Å². The Labute approximate surface area is 155 Å². The predicted octanol–water partition coefficient (Wildman–Crippen LogP) is 3.84. The van der Waals surface area contributed by atoms with Gasteiger partial charge in [-0.1, -0.05) is 17.7 Å². The van der Waals surface area contributed by atoms with Gasteiger partial charge in [-0.3, -0.25) is 4.79 Å². The third-order valence-electron chi connectivity index (χ3n) is 5.58. The quantitative estimate of drug-likeness (QED) is 0.843. The summed E-state index contributed by atoms with van der Waals surface area (Å²) in [5, 5.41) is 0. The number of rotatable bonds is 3. The first-order valence-electron chi connectivity index (χ1n) is 9.44. The zero-order valence-corrected chi connectivity index (χ0v) is 15.7. The molecular formula is C22H26N2O2. The first-order chi connectivity index (χ1) is 12.6. The summed E-state index contributed by atoms with van der Waals surface area (Å²) in [5.74, 6) is 1.30. The van der Waals surface area contributed by atoms with Crippen molar-refractivity contribution in [3.63, 3.8) is 0 Å². The lowest BCUT2D eigenvalue weighted by Gasteiger charge is -2.36. The molecule has 4 rings (SSSR count). The molecule has 136 valence electrons. The topological polar surface area (TPSA) is 32.8 Å². The number of amides is 1. The van der Waals surface area contributed by atoms with Gasteiger partial charge in [-0.2, -0.15) is 0 Å². The van der Waals surface area contributed by atoms with Gasteiger partial charge in [0.2, 0.25) is 0 Å². The number of fused-ring (bicyclic) bond motifs is 3. The molecule has 0 unspecified atom stereocenters. The summed E-state index contributed by atoms with van der Waals surface area (Å²) < 4.78 is 5.50. The standard InChI is InChI=1S/C22H26N2O2/c1-4-26-17-8-6-16(7-9-17)22(25)24-20-10-5-15(2)13-18(20)19-14-23(3)12-11-21(19)24/h5-10,13,19,21H,4,11-12,14H2,1-3H3/t19-,21-/m0/s1. The Morgan fingerprint density at radius 2 is 1.96 bits per heavy atom. The SMILES string of the molecule is CCOc1ccc(C(=O)N2c3ccc(C)cc3[C@@H]3CN(C)CC[C@@H]32)cc1. The van der Waals surface area contributed by atoms with Crippen LogP contribution >= 0.6 is 0 Å². The van der Waals surface area contributed by atoms with Gasteiger partial charge in [-0.15, -0.1) is 0 Å². The van der Waals surface area contributed by atoms with Crippen LogP contribution in [0.1, 0.15) is 40.7 Å². The molecule has 2 aromatic rings. The molecule has 2 aliphatic rings. The van der Waals surface area contributed by atoms with Crippen molar-refractivity contribution >= 4 is 11.6 Å². The number of benzene rings is 2. The summed E-state index contributed by atoms with van der Waals surface area (Å²) >= 11 is 0.